The number of nitrogens with one attached hydrogen (secondary N) is 2. The number of hydrogen-bond acceptors (Lipinski definition) is 2. The Balaban J connectivity index is 1.85. The highest BCUT2D eigenvalue weighted by atomic mass is 19.1. The van der Waals surface area contributed by atoms with E-state index in [1.807, 2.05) is 26.0 Å². The fourth-order valence-electron chi connectivity index (χ4n) is 2.71. The molecule has 0 saturated heterocycles. The minimum Gasteiger partial charge on any atom is -0.322 e. The van der Waals surface area contributed by atoms with Gasteiger partial charge < -0.3 is 10.6 Å². The second-order valence-corrected chi connectivity index (χ2v) is 6.40. The molecule has 0 aromatic heterocycles. The van der Waals surface area contributed by atoms with E-state index in [1.54, 1.807) is 6.07 Å². The van der Waals surface area contributed by atoms with Gasteiger partial charge in [-0.2, -0.15) is 0 Å². The average Bonchev–Trinajstić information content (AvgIpc) is 2.64. The van der Waals surface area contributed by atoms with E-state index < -0.39 is 23.4 Å². The fourth-order valence-corrected chi connectivity index (χ4v) is 2.71. The van der Waals surface area contributed by atoms with Crippen molar-refractivity contribution in [2.24, 2.45) is 0 Å². The maximum Gasteiger partial charge on any atom is 0.258 e. The minimum absolute atomic E-state index is 0.189. The highest BCUT2D eigenvalue weighted by Crippen LogP contribution is 2.20. The third-order valence-corrected chi connectivity index (χ3v) is 4.21. The second kappa shape index (κ2) is 8.00. The number of anilines is 2. The summed E-state index contributed by atoms with van der Waals surface area (Å²) >= 11 is 0. The van der Waals surface area contributed by atoms with Crippen molar-refractivity contribution in [1.29, 1.82) is 0 Å². The van der Waals surface area contributed by atoms with E-state index in [4.69, 9.17) is 0 Å². The molecule has 142 valence electrons. The minimum atomic E-state index is -0.945. The fraction of sp³-hybridized carbons (Fsp3) is 0.0909. The van der Waals surface area contributed by atoms with Crippen molar-refractivity contribution in [2.75, 3.05) is 10.6 Å². The van der Waals surface area contributed by atoms with Crippen molar-refractivity contribution in [1.82, 2.24) is 0 Å². The first-order valence-electron chi connectivity index (χ1n) is 8.59. The molecule has 3 aromatic rings. The standard InChI is InChI=1S/C22H18F2N2O2/c1-13-9-10-14(2)19(11-13)26-22(28)18-8-4-7-17(20(18)24)21(27)25-16-6-3-5-15(23)12-16/h3-12H,1-2H3,(H,25,27)(H,26,28). The van der Waals surface area contributed by atoms with E-state index in [-0.39, 0.29) is 16.8 Å². The highest BCUT2D eigenvalue weighted by molar-refractivity contribution is 6.09. The maximum absolute atomic E-state index is 14.8. The third-order valence-electron chi connectivity index (χ3n) is 4.21. The van der Waals surface area contributed by atoms with Crippen molar-refractivity contribution in [3.05, 3.63) is 94.6 Å². The molecule has 3 rings (SSSR count). The Kier molecular flexibility index (Phi) is 5.49. The van der Waals surface area contributed by atoms with Gasteiger partial charge in [0, 0.05) is 11.4 Å². The van der Waals surface area contributed by atoms with Gasteiger partial charge in [-0.1, -0.05) is 24.3 Å². The van der Waals surface area contributed by atoms with Crippen LogP contribution in [0.25, 0.3) is 0 Å². The summed E-state index contributed by atoms with van der Waals surface area (Å²) in [4.78, 5) is 24.9. The van der Waals surface area contributed by atoms with Gasteiger partial charge in [0.05, 0.1) is 11.1 Å². The van der Waals surface area contributed by atoms with Crippen LogP contribution in [0.3, 0.4) is 0 Å². The quantitative estimate of drug-likeness (QED) is 0.663. The van der Waals surface area contributed by atoms with E-state index in [0.717, 1.165) is 17.2 Å². The summed E-state index contributed by atoms with van der Waals surface area (Å²) in [5.41, 5.74) is 1.98. The van der Waals surface area contributed by atoms with Crippen molar-refractivity contribution in [2.45, 2.75) is 13.8 Å². The molecule has 0 saturated carbocycles. The number of rotatable bonds is 4. The molecular formula is C22H18F2N2O2. The number of aryl methyl sites for hydroxylation is 2. The lowest BCUT2D eigenvalue weighted by Crippen LogP contribution is -2.19. The summed E-state index contributed by atoms with van der Waals surface area (Å²) < 4.78 is 28.1. The lowest BCUT2D eigenvalue weighted by Gasteiger charge is -2.12. The number of hydrogen-bond donors (Lipinski definition) is 2. The lowest BCUT2D eigenvalue weighted by molar-refractivity contribution is 0.102. The van der Waals surface area contributed by atoms with Gasteiger partial charge in [-0.25, -0.2) is 8.78 Å². The zero-order valence-corrected chi connectivity index (χ0v) is 15.3. The molecule has 0 heterocycles. The van der Waals surface area contributed by atoms with Crippen LogP contribution in [0.15, 0.2) is 60.7 Å². The largest absolute Gasteiger partial charge is 0.322 e. The van der Waals surface area contributed by atoms with Gasteiger partial charge in [0.1, 0.15) is 11.6 Å². The molecule has 4 nitrogen and oxygen atoms in total. The number of carbonyl (C=O) groups excluding carboxylic acids is 2. The van der Waals surface area contributed by atoms with Gasteiger partial charge in [-0.05, 0) is 61.4 Å². The lowest BCUT2D eigenvalue weighted by atomic mass is 10.1. The van der Waals surface area contributed by atoms with Gasteiger partial charge >= 0.3 is 0 Å². The molecule has 28 heavy (non-hydrogen) atoms. The molecular weight excluding hydrogens is 362 g/mol. The zero-order valence-electron chi connectivity index (χ0n) is 15.3. The third kappa shape index (κ3) is 4.23. The first kappa shape index (κ1) is 19.2. The number of benzene rings is 3. The number of amides is 2. The van der Waals surface area contributed by atoms with Gasteiger partial charge in [0.15, 0.2) is 0 Å². The van der Waals surface area contributed by atoms with Gasteiger partial charge in [-0.15, -0.1) is 0 Å². The summed E-state index contributed by atoms with van der Waals surface area (Å²) in [6.45, 7) is 3.71. The molecule has 0 aliphatic rings. The van der Waals surface area contributed by atoms with Crippen LogP contribution in [-0.4, -0.2) is 11.8 Å². The first-order chi connectivity index (χ1) is 13.3. The summed E-state index contributed by atoms with van der Waals surface area (Å²) in [7, 11) is 0. The highest BCUT2D eigenvalue weighted by Gasteiger charge is 2.20. The molecule has 0 spiro atoms. The van der Waals surface area contributed by atoms with E-state index in [9.17, 15) is 18.4 Å². The van der Waals surface area contributed by atoms with Crippen LogP contribution in [0.5, 0.6) is 0 Å². The van der Waals surface area contributed by atoms with Crippen molar-refractivity contribution in [3.63, 3.8) is 0 Å². The molecule has 3 aromatic carbocycles. The van der Waals surface area contributed by atoms with Gasteiger partial charge in [-0.3, -0.25) is 9.59 Å². The summed E-state index contributed by atoms with van der Waals surface area (Å²) in [5.74, 6) is -2.91. The Bertz CT molecular complexity index is 1060. The Morgan fingerprint density at radius 1 is 0.786 bits per heavy atom. The summed E-state index contributed by atoms with van der Waals surface area (Å²) in [5, 5.41) is 5.09. The van der Waals surface area contributed by atoms with Crippen LogP contribution in [-0.2, 0) is 0 Å². The summed E-state index contributed by atoms with van der Waals surface area (Å²) in [6.07, 6.45) is 0. The number of carbonyl (C=O) groups is 2. The molecule has 2 amide bonds. The van der Waals surface area contributed by atoms with Crippen molar-refractivity contribution in [3.8, 4) is 0 Å². The maximum atomic E-state index is 14.8. The number of halogens is 2. The van der Waals surface area contributed by atoms with Crippen molar-refractivity contribution < 1.29 is 18.4 Å². The van der Waals surface area contributed by atoms with E-state index in [0.29, 0.717) is 5.69 Å². The molecule has 0 fully saturated rings. The molecule has 0 aliphatic carbocycles. The molecule has 0 atom stereocenters. The van der Waals surface area contributed by atoms with Gasteiger partial charge in [0.25, 0.3) is 11.8 Å². The molecule has 0 radical (unpaired) electrons. The molecule has 0 bridgehead atoms. The van der Waals surface area contributed by atoms with Crippen LogP contribution >= 0.6 is 0 Å². The molecule has 0 aliphatic heterocycles. The predicted molar refractivity (Wildman–Crippen MR) is 105 cm³/mol. The average molecular weight is 380 g/mol. The molecule has 0 unspecified atom stereocenters. The smallest absolute Gasteiger partial charge is 0.258 e. The Hall–Kier alpha value is -3.54. The van der Waals surface area contributed by atoms with E-state index in [2.05, 4.69) is 10.6 Å². The Morgan fingerprint density at radius 2 is 1.43 bits per heavy atom. The zero-order chi connectivity index (χ0) is 20.3. The topological polar surface area (TPSA) is 58.2 Å². The monoisotopic (exact) mass is 380 g/mol. The molecule has 2 N–H and O–H groups in total. The Labute approximate surface area is 161 Å². The van der Waals surface area contributed by atoms with E-state index >= 15 is 0 Å². The summed E-state index contributed by atoms with van der Waals surface area (Å²) in [6, 6.07) is 14.8. The Morgan fingerprint density at radius 3 is 2.11 bits per heavy atom. The predicted octanol–water partition coefficient (Wildman–Crippen LogP) is 5.09. The van der Waals surface area contributed by atoms with Crippen LogP contribution in [0, 0.1) is 25.5 Å². The van der Waals surface area contributed by atoms with Crippen LogP contribution in [0.2, 0.25) is 0 Å². The first-order valence-corrected chi connectivity index (χ1v) is 8.59. The SMILES string of the molecule is Cc1ccc(C)c(NC(=O)c2cccc(C(=O)Nc3cccc(F)c3)c2F)c1. The van der Waals surface area contributed by atoms with E-state index in [1.165, 1.54) is 36.4 Å². The normalized spacial score (nSPS) is 10.4. The van der Waals surface area contributed by atoms with Gasteiger partial charge in [0.2, 0.25) is 0 Å². The van der Waals surface area contributed by atoms with Crippen LogP contribution in [0.1, 0.15) is 31.8 Å². The molecule has 6 heteroatoms. The van der Waals surface area contributed by atoms with Crippen LogP contribution in [0.4, 0.5) is 20.2 Å². The van der Waals surface area contributed by atoms with Crippen molar-refractivity contribution >= 4 is 23.2 Å². The second-order valence-electron chi connectivity index (χ2n) is 6.40. The van der Waals surface area contributed by atoms with Crippen LogP contribution < -0.4 is 10.6 Å².